The standard InChI is InChI=1S/C31H29N3O5/c1-38-23-14-12-22(13-15-23)33-28(35)25-24-16-17-31(39-24)26(25)30(37)34(19-21-10-6-3-7-11-21)27(31)29(36)32-18-20-8-4-2-5-9-20/h2-17,24-27H,18-19H2,1H3,(H,32,36)(H,33,35)/t24-,25+,26+,27-,31+/m0/s1. The van der Waals surface area contributed by atoms with Gasteiger partial charge >= 0.3 is 0 Å². The van der Waals surface area contributed by atoms with E-state index >= 15 is 0 Å². The molecule has 0 aromatic heterocycles. The SMILES string of the molecule is COc1ccc(NC(=O)[C@@H]2[C@@H]3C=C[C@]4(O3)[C@H](C(=O)NCc3ccccc3)N(Cc3ccccc3)C(=O)[C@@H]24)cc1. The molecule has 5 atom stereocenters. The summed E-state index contributed by atoms with van der Waals surface area (Å²) in [7, 11) is 1.57. The summed E-state index contributed by atoms with van der Waals surface area (Å²) < 4.78 is 11.6. The maximum atomic E-state index is 14.1. The van der Waals surface area contributed by atoms with Crippen LogP contribution in [0.4, 0.5) is 5.69 Å². The number of nitrogens with one attached hydrogen (secondary N) is 2. The van der Waals surface area contributed by atoms with Crippen LogP contribution in [0.2, 0.25) is 0 Å². The predicted octanol–water partition coefficient (Wildman–Crippen LogP) is 3.30. The Bertz CT molecular complexity index is 1410. The number of carbonyl (C=O) groups is 3. The number of fused-ring (bicyclic) bond motifs is 1. The van der Waals surface area contributed by atoms with Gasteiger partial charge in [-0.3, -0.25) is 14.4 Å². The van der Waals surface area contributed by atoms with E-state index in [1.54, 1.807) is 36.3 Å². The van der Waals surface area contributed by atoms with Crippen molar-refractivity contribution in [3.8, 4) is 5.75 Å². The van der Waals surface area contributed by atoms with Crippen molar-refractivity contribution in [3.63, 3.8) is 0 Å². The number of likely N-dealkylation sites (tertiary alicyclic amines) is 1. The van der Waals surface area contributed by atoms with Crippen LogP contribution in [0.15, 0.2) is 97.1 Å². The molecule has 39 heavy (non-hydrogen) atoms. The quantitative estimate of drug-likeness (QED) is 0.442. The third-order valence-corrected chi connectivity index (χ3v) is 7.79. The van der Waals surface area contributed by atoms with Gasteiger partial charge in [0.15, 0.2) is 0 Å². The van der Waals surface area contributed by atoms with Crippen molar-refractivity contribution in [1.82, 2.24) is 10.2 Å². The highest BCUT2D eigenvalue weighted by molar-refractivity contribution is 6.02. The molecule has 6 rings (SSSR count). The van der Waals surface area contributed by atoms with Gasteiger partial charge in [0.2, 0.25) is 17.7 Å². The highest BCUT2D eigenvalue weighted by atomic mass is 16.5. The number of hydrogen-bond donors (Lipinski definition) is 2. The van der Waals surface area contributed by atoms with E-state index in [4.69, 9.17) is 9.47 Å². The third-order valence-electron chi connectivity index (χ3n) is 7.79. The van der Waals surface area contributed by atoms with E-state index in [1.165, 1.54) is 0 Å². The molecule has 3 amide bonds. The van der Waals surface area contributed by atoms with Crippen LogP contribution in [0.25, 0.3) is 0 Å². The molecule has 3 aliphatic rings. The second-order valence-electron chi connectivity index (χ2n) is 10.1. The van der Waals surface area contributed by atoms with Gasteiger partial charge in [-0.15, -0.1) is 0 Å². The van der Waals surface area contributed by atoms with Gasteiger partial charge in [0.05, 0.1) is 25.0 Å². The van der Waals surface area contributed by atoms with Gasteiger partial charge in [0, 0.05) is 18.8 Å². The van der Waals surface area contributed by atoms with Gasteiger partial charge in [-0.05, 0) is 35.4 Å². The number of carbonyl (C=O) groups excluding carboxylic acids is 3. The summed E-state index contributed by atoms with van der Waals surface area (Å²) in [4.78, 5) is 43.0. The summed E-state index contributed by atoms with van der Waals surface area (Å²) in [6.45, 7) is 0.550. The molecule has 0 radical (unpaired) electrons. The number of anilines is 1. The van der Waals surface area contributed by atoms with Crippen LogP contribution < -0.4 is 15.4 Å². The Kier molecular flexibility index (Phi) is 6.40. The van der Waals surface area contributed by atoms with Crippen molar-refractivity contribution in [2.75, 3.05) is 12.4 Å². The average Bonchev–Trinajstić information content (AvgIpc) is 3.61. The number of ether oxygens (including phenoxy) is 2. The summed E-state index contributed by atoms with van der Waals surface area (Å²) in [6.07, 6.45) is 3.03. The Morgan fingerprint density at radius 2 is 1.59 bits per heavy atom. The van der Waals surface area contributed by atoms with E-state index in [0.717, 1.165) is 11.1 Å². The maximum absolute atomic E-state index is 14.1. The minimum absolute atomic E-state index is 0.232. The van der Waals surface area contributed by atoms with E-state index in [2.05, 4.69) is 10.6 Å². The number of nitrogens with zero attached hydrogens (tertiary/aromatic N) is 1. The lowest BCUT2D eigenvalue weighted by molar-refractivity contribution is -0.141. The zero-order valence-electron chi connectivity index (χ0n) is 21.4. The molecule has 0 unspecified atom stereocenters. The Morgan fingerprint density at radius 1 is 0.923 bits per heavy atom. The fraction of sp³-hybridized carbons (Fsp3) is 0.258. The highest BCUT2D eigenvalue weighted by Gasteiger charge is 2.72. The van der Waals surface area contributed by atoms with Crippen molar-refractivity contribution in [2.24, 2.45) is 11.8 Å². The molecule has 0 saturated carbocycles. The lowest BCUT2D eigenvalue weighted by atomic mass is 9.74. The zero-order valence-corrected chi connectivity index (χ0v) is 21.4. The normalized spacial score (nSPS) is 26.4. The minimum Gasteiger partial charge on any atom is -0.497 e. The molecule has 0 aliphatic carbocycles. The van der Waals surface area contributed by atoms with Gasteiger partial charge in [0.1, 0.15) is 17.4 Å². The Morgan fingerprint density at radius 3 is 2.26 bits per heavy atom. The maximum Gasteiger partial charge on any atom is 0.246 e. The minimum atomic E-state index is -1.22. The molecule has 2 saturated heterocycles. The molecular weight excluding hydrogens is 494 g/mol. The van der Waals surface area contributed by atoms with E-state index in [0.29, 0.717) is 18.0 Å². The first kappa shape index (κ1) is 24.9. The number of benzene rings is 3. The van der Waals surface area contributed by atoms with E-state index in [-0.39, 0.29) is 24.3 Å². The number of rotatable bonds is 8. The molecule has 3 aromatic rings. The van der Waals surface area contributed by atoms with Crippen molar-refractivity contribution in [3.05, 3.63) is 108 Å². The van der Waals surface area contributed by atoms with Crippen LogP contribution in [-0.2, 0) is 32.2 Å². The van der Waals surface area contributed by atoms with Crippen LogP contribution in [0, 0.1) is 11.8 Å². The molecule has 198 valence electrons. The van der Waals surface area contributed by atoms with Gasteiger partial charge in [0.25, 0.3) is 0 Å². The molecule has 2 N–H and O–H groups in total. The first-order valence-electron chi connectivity index (χ1n) is 13.0. The van der Waals surface area contributed by atoms with Crippen molar-refractivity contribution >= 4 is 23.4 Å². The second kappa shape index (κ2) is 10.0. The van der Waals surface area contributed by atoms with Crippen LogP contribution >= 0.6 is 0 Å². The summed E-state index contributed by atoms with van der Waals surface area (Å²) in [5, 5.41) is 5.93. The lowest BCUT2D eigenvalue weighted by Gasteiger charge is -2.32. The van der Waals surface area contributed by atoms with Crippen molar-refractivity contribution < 1.29 is 23.9 Å². The van der Waals surface area contributed by atoms with E-state index in [9.17, 15) is 14.4 Å². The summed E-state index contributed by atoms with van der Waals surface area (Å²) in [6, 6.07) is 25.2. The molecule has 2 bridgehead atoms. The van der Waals surface area contributed by atoms with Crippen molar-refractivity contribution in [2.45, 2.75) is 30.8 Å². The van der Waals surface area contributed by atoms with E-state index in [1.807, 2.05) is 72.8 Å². The first-order chi connectivity index (χ1) is 19.0. The van der Waals surface area contributed by atoms with Gasteiger partial charge in [-0.25, -0.2) is 0 Å². The highest BCUT2D eigenvalue weighted by Crippen LogP contribution is 2.55. The third kappa shape index (κ3) is 4.36. The van der Waals surface area contributed by atoms with Crippen LogP contribution in [0.1, 0.15) is 11.1 Å². The fourth-order valence-corrected chi connectivity index (χ4v) is 6.00. The van der Waals surface area contributed by atoms with Gasteiger partial charge < -0.3 is 25.0 Å². The molecule has 1 spiro atoms. The molecule has 3 heterocycles. The van der Waals surface area contributed by atoms with Crippen LogP contribution in [0.5, 0.6) is 5.75 Å². The number of hydrogen-bond acceptors (Lipinski definition) is 5. The van der Waals surface area contributed by atoms with Crippen molar-refractivity contribution in [1.29, 1.82) is 0 Å². The molecule has 3 aromatic carbocycles. The topological polar surface area (TPSA) is 97.0 Å². The Hall–Kier alpha value is -4.43. The predicted molar refractivity (Wildman–Crippen MR) is 144 cm³/mol. The van der Waals surface area contributed by atoms with Gasteiger partial charge in [-0.2, -0.15) is 0 Å². The monoisotopic (exact) mass is 523 g/mol. The molecular formula is C31H29N3O5. The molecule has 8 nitrogen and oxygen atoms in total. The summed E-state index contributed by atoms with van der Waals surface area (Å²) in [5.41, 5.74) is 1.20. The molecule has 2 fully saturated rings. The molecule has 3 aliphatic heterocycles. The smallest absolute Gasteiger partial charge is 0.246 e. The number of methoxy groups -OCH3 is 1. The van der Waals surface area contributed by atoms with E-state index < -0.39 is 29.6 Å². The van der Waals surface area contributed by atoms with Crippen LogP contribution in [-0.4, -0.2) is 47.5 Å². The largest absolute Gasteiger partial charge is 0.497 e. The van der Waals surface area contributed by atoms with Gasteiger partial charge in [-0.1, -0.05) is 72.8 Å². The zero-order chi connectivity index (χ0) is 27.0. The van der Waals surface area contributed by atoms with Crippen LogP contribution in [0.3, 0.4) is 0 Å². The summed E-state index contributed by atoms with van der Waals surface area (Å²) >= 11 is 0. The fourth-order valence-electron chi connectivity index (χ4n) is 6.00. The second-order valence-corrected chi connectivity index (χ2v) is 10.1. The Labute approximate surface area is 226 Å². The Balaban J connectivity index is 1.30. The average molecular weight is 524 g/mol. The first-order valence-corrected chi connectivity index (χ1v) is 13.0. The lowest BCUT2D eigenvalue weighted by Crippen LogP contribution is -2.54. The molecule has 8 heteroatoms. The summed E-state index contributed by atoms with van der Waals surface area (Å²) in [5.74, 6) is -1.81. The number of amides is 3.